The second-order valence-corrected chi connectivity index (χ2v) is 5.35. The van der Waals surface area contributed by atoms with Gasteiger partial charge in [0.15, 0.2) is 0 Å². The Morgan fingerprint density at radius 1 is 1.22 bits per heavy atom. The first-order chi connectivity index (χ1) is 11.1. The third kappa shape index (κ3) is 2.79. The molecule has 0 amide bonds. The van der Waals surface area contributed by atoms with E-state index in [0.29, 0.717) is 17.9 Å². The summed E-state index contributed by atoms with van der Waals surface area (Å²) < 4.78 is 6.79. The lowest BCUT2D eigenvalue weighted by molar-refractivity contribution is 0.393. The lowest BCUT2D eigenvalue weighted by atomic mass is 10.1. The zero-order valence-electron chi connectivity index (χ0n) is 12.9. The lowest BCUT2D eigenvalue weighted by Gasteiger charge is -2.09. The number of benzene rings is 1. The molecule has 0 saturated carbocycles. The molecule has 0 aliphatic heterocycles. The first-order valence-corrected chi connectivity index (χ1v) is 7.22. The van der Waals surface area contributed by atoms with Crippen LogP contribution in [0, 0.1) is 25.2 Å². The first kappa shape index (κ1) is 14.8. The van der Waals surface area contributed by atoms with Gasteiger partial charge in [-0.05, 0) is 31.5 Å². The number of hydrogen-bond acceptors (Lipinski definition) is 4. The number of nitrogens with zero attached hydrogens (tertiary/aromatic N) is 3. The SMILES string of the molecule is Cc1noc(C)c1-c1ccc(=O)n(Cc2ccccc2C#N)c1. The summed E-state index contributed by atoms with van der Waals surface area (Å²) in [6, 6.07) is 12.7. The van der Waals surface area contributed by atoms with Gasteiger partial charge in [0.2, 0.25) is 0 Å². The van der Waals surface area contributed by atoms with Crippen molar-refractivity contribution < 1.29 is 4.52 Å². The van der Waals surface area contributed by atoms with E-state index in [2.05, 4.69) is 11.2 Å². The van der Waals surface area contributed by atoms with Gasteiger partial charge in [-0.2, -0.15) is 5.26 Å². The number of pyridine rings is 1. The molecule has 5 nitrogen and oxygen atoms in total. The summed E-state index contributed by atoms with van der Waals surface area (Å²) >= 11 is 0. The highest BCUT2D eigenvalue weighted by molar-refractivity contribution is 5.66. The molecule has 5 heteroatoms. The maximum absolute atomic E-state index is 12.2. The van der Waals surface area contributed by atoms with E-state index in [4.69, 9.17) is 4.52 Å². The minimum Gasteiger partial charge on any atom is -0.361 e. The van der Waals surface area contributed by atoms with Gasteiger partial charge in [-0.15, -0.1) is 0 Å². The van der Waals surface area contributed by atoms with Crippen LogP contribution < -0.4 is 5.56 Å². The van der Waals surface area contributed by atoms with Crippen molar-refractivity contribution in [1.29, 1.82) is 5.26 Å². The number of aryl methyl sites for hydroxylation is 2. The number of nitriles is 1. The summed E-state index contributed by atoms with van der Waals surface area (Å²) in [4.78, 5) is 12.2. The van der Waals surface area contributed by atoms with Crippen LogP contribution >= 0.6 is 0 Å². The molecule has 0 bridgehead atoms. The fraction of sp³-hybridized carbons (Fsp3) is 0.167. The van der Waals surface area contributed by atoms with Gasteiger partial charge in [-0.3, -0.25) is 4.79 Å². The fourth-order valence-electron chi connectivity index (χ4n) is 2.65. The predicted molar refractivity (Wildman–Crippen MR) is 85.9 cm³/mol. The second kappa shape index (κ2) is 5.93. The molecule has 0 aliphatic rings. The van der Waals surface area contributed by atoms with E-state index < -0.39 is 0 Å². The zero-order valence-corrected chi connectivity index (χ0v) is 12.9. The minimum atomic E-state index is -0.117. The van der Waals surface area contributed by atoms with Crippen LogP contribution in [0.4, 0.5) is 0 Å². The van der Waals surface area contributed by atoms with Crippen molar-refractivity contribution in [2.75, 3.05) is 0 Å². The molecule has 0 fully saturated rings. The van der Waals surface area contributed by atoms with Gasteiger partial charge in [-0.1, -0.05) is 23.4 Å². The smallest absolute Gasteiger partial charge is 0.250 e. The van der Waals surface area contributed by atoms with Gasteiger partial charge in [-0.25, -0.2) is 0 Å². The Morgan fingerprint density at radius 2 is 2.00 bits per heavy atom. The Hall–Kier alpha value is -3.13. The molecule has 0 atom stereocenters. The third-order valence-corrected chi connectivity index (χ3v) is 3.78. The highest BCUT2D eigenvalue weighted by atomic mass is 16.5. The van der Waals surface area contributed by atoms with E-state index in [0.717, 1.165) is 22.4 Å². The van der Waals surface area contributed by atoms with Crippen molar-refractivity contribution in [2.45, 2.75) is 20.4 Å². The average Bonchev–Trinajstić information content (AvgIpc) is 2.89. The Bertz CT molecular complexity index is 941. The number of hydrogen-bond donors (Lipinski definition) is 0. The van der Waals surface area contributed by atoms with E-state index in [1.165, 1.54) is 6.07 Å². The second-order valence-electron chi connectivity index (χ2n) is 5.35. The van der Waals surface area contributed by atoms with Crippen LogP contribution in [-0.4, -0.2) is 9.72 Å². The molecule has 0 aliphatic carbocycles. The summed E-state index contributed by atoms with van der Waals surface area (Å²) in [6.45, 7) is 4.06. The van der Waals surface area contributed by atoms with Gasteiger partial charge in [0.25, 0.3) is 5.56 Å². The van der Waals surface area contributed by atoms with Gasteiger partial charge < -0.3 is 9.09 Å². The van der Waals surface area contributed by atoms with E-state index in [-0.39, 0.29) is 5.56 Å². The van der Waals surface area contributed by atoms with Crippen LogP contribution in [-0.2, 0) is 6.54 Å². The maximum atomic E-state index is 12.2. The van der Waals surface area contributed by atoms with Gasteiger partial charge in [0.05, 0.1) is 23.9 Å². The van der Waals surface area contributed by atoms with Crippen molar-refractivity contribution in [1.82, 2.24) is 9.72 Å². The van der Waals surface area contributed by atoms with Gasteiger partial charge >= 0.3 is 0 Å². The molecular weight excluding hydrogens is 290 g/mol. The fourth-order valence-corrected chi connectivity index (χ4v) is 2.65. The average molecular weight is 305 g/mol. The van der Waals surface area contributed by atoms with E-state index in [1.807, 2.05) is 32.0 Å². The van der Waals surface area contributed by atoms with Crippen LogP contribution in [0.15, 0.2) is 51.9 Å². The molecule has 3 rings (SSSR count). The van der Waals surface area contributed by atoms with Crippen LogP contribution in [0.2, 0.25) is 0 Å². The monoisotopic (exact) mass is 305 g/mol. The maximum Gasteiger partial charge on any atom is 0.250 e. The van der Waals surface area contributed by atoms with Crippen molar-refractivity contribution in [3.8, 4) is 17.2 Å². The number of aromatic nitrogens is 2. The van der Waals surface area contributed by atoms with Gasteiger partial charge in [0.1, 0.15) is 5.76 Å². The Labute approximate surface area is 133 Å². The van der Waals surface area contributed by atoms with Crippen LogP contribution in [0.3, 0.4) is 0 Å². The quantitative estimate of drug-likeness (QED) is 0.745. The molecule has 1 aromatic carbocycles. The molecule has 0 saturated heterocycles. The molecule has 0 radical (unpaired) electrons. The number of rotatable bonds is 3. The molecule has 0 N–H and O–H groups in total. The van der Waals surface area contributed by atoms with E-state index in [9.17, 15) is 10.1 Å². The summed E-state index contributed by atoms with van der Waals surface area (Å²) in [6.07, 6.45) is 1.78. The summed E-state index contributed by atoms with van der Waals surface area (Å²) in [5.41, 5.74) is 3.82. The largest absolute Gasteiger partial charge is 0.361 e. The first-order valence-electron chi connectivity index (χ1n) is 7.22. The van der Waals surface area contributed by atoms with Crippen LogP contribution in [0.5, 0.6) is 0 Å². The molecule has 3 aromatic rings. The molecule has 0 unspecified atom stereocenters. The van der Waals surface area contributed by atoms with Crippen molar-refractivity contribution >= 4 is 0 Å². The molecule has 2 heterocycles. The van der Waals surface area contributed by atoms with Crippen molar-refractivity contribution in [2.24, 2.45) is 0 Å². The predicted octanol–water partition coefficient (Wildman–Crippen LogP) is 3.04. The molecule has 114 valence electrons. The van der Waals surface area contributed by atoms with Crippen LogP contribution in [0.25, 0.3) is 11.1 Å². The standard InChI is InChI=1S/C18H15N3O2/c1-12-18(13(2)23-20-12)16-7-8-17(22)21(11-16)10-15-6-4-3-5-14(15)9-19/h3-8,11H,10H2,1-2H3. The molecule has 0 spiro atoms. The Kier molecular flexibility index (Phi) is 3.82. The Morgan fingerprint density at radius 3 is 2.70 bits per heavy atom. The summed E-state index contributed by atoms with van der Waals surface area (Å²) in [5, 5.41) is 13.1. The van der Waals surface area contributed by atoms with Crippen molar-refractivity contribution in [3.05, 3.63) is 75.5 Å². The highest BCUT2D eigenvalue weighted by Gasteiger charge is 2.13. The summed E-state index contributed by atoms with van der Waals surface area (Å²) in [5.74, 6) is 0.713. The zero-order chi connectivity index (χ0) is 16.4. The molecule has 2 aromatic heterocycles. The van der Waals surface area contributed by atoms with E-state index in [1.54, 1.807) is 22.9 Å². The van der Waals surface area contributed by atoms with Gasteiger partial charge in [0, 0.05) is 23.4 Å². The topological polar surface area (TPSA) is 71.8 Å². The van der Waals surface area contributed by atoms with E-state index >= 15 is 0 Å². The van der Waals surface area contributed by atoms with Crippen molar-refractivity contribution in [3.63, 3.8) is 0 Å². The molecule has 23 heavy (non-hydrogen) atoms. The third-order valence-electron chi connectivity index (χ3n) is 3.78. The highest BCUT2D eigenvalue weighted by Crippen LogP contribution is 2.25. The lowest BCUT2D eigenvalue weighted by Crippen LogP contribution is -2.19. The Balaban J connectivity index is 2.06. The minimum absolute atomic E-state index is 0.117. The molecular formula is C18H15N3O2. The van der Waals surface area contributed by atoms with Crippen LogP contribution in [0.1, 0.15) is 22.6 Å². The summed E-state index contributed by atoms with van der Waals surface area (Å²) in [7, 11) is 0. The normalized spacial score (nSPS) is 10.5.